The first kappa shape index (κ1) is 19.8. The number of furan rings is 1. The third-order valence-corrected chi connectivity index (χ3v) is 4.70. The fraction of sp³-hybridized carbons (Fsp3) is 0.368. The van der Waals surface area contributed by atoms with Crippen LogP contribution >= 0.6 is 0 Å². The normalized spacial score (nSPS) is 15.3. The van der Waals surface area contributed by atoms with Gasteiger partial charge in [-0.25, -0.2) is 4.79 Å². The minimum atomic E-state index is -4.54. The molecule has 28 heavy (non-hydrogen) atoms. The summed E-state index contributed by atoms with van der Waals surface area (Å²) in [5.74, 6) is 0.0543. The fourth-order valence-electron chi connectivity index (χ4n) is 3.15. The van der Waals surface area contributed by atoms with E-state index >= 15 is 0 Å². The van der Waals surface area contributed by atoms with E-state index in [1.807, 2.05) is 0 Å². The number of benzene rings is 1. The monoisotopic (exact) mass is 395 g/mol. The largest absolute Gasteiger partial charge is 0.472 e. The molecule has 3 amide bonds. The van der Waals surface area contributed by atoms with Crippen LogP contribution in [0.1, 0.15) is 28.8 Å². The number of alkyl halides is 3. The summed E-state index contributed by atoms with van der Waals surface area (Å²) in [7, 11) is 0. The van der Waals surface area contributed by atoms with E-state index in [9.17, 15) is 22.8 Å². The van der Waals surface area contributed by atoms with Gasteiger partial charge in [0.15, 0.2) is 0 Å². The van der Waals surface area contributed by atoms with Crippen LogP contribution in [0.4, 0.5) is 23.7 Å². The number of piperidine rings is 1. The maximum Gasteiger partial charge on any atom is 0.418 e. The zero-order valence-electron chi connectivity index (χ0n) is 15.0. The minimum Gasteiger partial charge on any atom is -0.472 e. The van der Waals surface area contributed by atoms with Gasteiger partial charge in [-0.3, -0.25) is 4.79 Å². The summed E-state index contributed by atoms with van der Waals surface area (Å²) < 4.78 is 43.8. The fourth-order valence-corrected chi connectivity index (χ4v) is 3.15. The van der Waals surface area contributed by atoms with Crippen molar-refractivity contribution in [3.05, 3.63) is 54.0 Å². The molecule has 0 atom stereocenters. The molecule has 1 fully saturated rings. The highest BCUT2D eigenvalue weighted by Gasteiger charge is 2.33. The molecule has 3 rings (SSSR count). The smallest absolute Gasteiger partial charge is 0.418 e. The van der Waals surface area contributed by atoms with E-state index in [2.05, 4.69) is 10.6 Å². The van der Waals surface area contributed by atoms with Crippen molar-refractivity contribution in [3.8, 4) is 0 Å². The van der Waals surface area contributed by atoms with Gasteiger partial charge in [0, 0.05) is 19.6 Å². The van der Waals surface area contributed by atoms with Gasteiger partial charge in [-0.05, 0) is 37.0 Å². The lowest BCUT2D eigenvalue weighted by Crippen LogP contribution is -2.42. The highest BCUT2D eigenvalue weighted by atomic mass is 19.4. The number of para-hydroxylation sites is 1. The number of anilines is 1. The Morgan fingerprint density at radius 3 is 2.50 bits per heavy atom. The molecule has 1 aliphatic rings. The predicted octanol–water partition coefficient (Wildman–Crippen LogP) is 3.97. The van der Waals surface area contributed by atoms with Gasteiger partial charge in [0.25, 0.3) is 5.91 Å². The number of hydrogen-bond acceptors (Lipinski definition) is 3. The minimum absolute atomic E-state index is 0.0957. The highest BCUT2D eigenvalue weighted by Crippen LogP contribution is 2.34. The number of likely N-dealkylation sites (tertiary alicyclic amines) is 1. The van der Waals surface area contributed by atoms with Crippen LogP contribution in [-0.4, -0.2) is 36.5 Å². The molecule has 1 aliphatic heterocycles. The molecule has 1 aromatic carbocycles. The lowest BCUT2D eigenvalue weighted by Gasteiger charge is -2.31. The van der Waals surface area contributed by atoms with Crippen molar-refractivity contribution in [1.82, 2.24) is 10.2 Å². The van der Waals surface area contributed by atoms with Crippen LogP contribution in [-0.2, 0) is 6.18 Å². The van der Waals surface area contributed by atoms with Gasteiger partial charge in [-0.15, -0.1) is 0 Å². The van der Waals surface area contributed by atoms with Gasteiger partial charge in [0.2, 0.25) is 0 Å². The van der Waals surface area contributed by atoms with Gasteiger partial charge in [0.1, 0.15) is 6.26 Å². The standard InChI is InChI=1S/C19H20F3N3O3/c20-19(21,22)15-3-1-2-4-16(15)24-18(27)23-11-13-5-8-25(9-6-13)17(26)14-7-10-28-12-14/h1-4,7,10,12-13H,5-6,8-9,11H2,(H2,23,24,27). The molecule has 2 heterocycles. The third-order valence-electron chi connectivity index (χ3n) is 4.70. The van der Waals surface area contributed by atoms with Gasteiger partial charge in [-0.1, -0.05) is 12.1 Å². The molecule has 1 aromatic heterocycles. The number of amides is 3. The van der Waals surface area contributed by atoms with Crippen LogP contribution in [0, 0.1) is 5.92 Å². The topological polar surface area (TPSA) is 74.6 Å². The second-order valence-electron chi connectivity index (χ2n) is 6.63. The molecule has 0 spiro atoms. The van der Waals surface area contributed by atoms with E-state index in [1.165, 1.54) is 30.7 Å². The van der Waals surface area contributed by atoms with Crippen LogP contribution in [0.2, 0.25) is 0 Å². The zero-order chi connectivity index (χ0) is 20.1. The van der Waals surface area contributed by atoms with Crippen LogP contribution in [0.3, 0.4) is 0 Å². The van der Waals surface area contributed by atoms with Gasteiger partial charge < -0.3 is 20.0 Å². The summed E-state index contributed by atoms with van der Waals surface area (Å²) in [5, 5.41) is 4.87. The lowest BCUT2D eigenvalue weighted by atomic mass is 9.96. The molecular formula is C19H20F3N3O3. The average molecular weight is 395 g/mol. The number of carbonyl (C=O) groups is 2. The first-order valence-corrected chi connectivity index (χ1v) is 8.87. The molecule has 0 aliphatic carbocycles. The zero-order valence-corrected chi connectivity index (χ0v) is 15.0. The van der Waals surface area contributed by atoms with Crippen molar-refractivity contribution in [2.45, 2.75) is 19.0 Å². The Hall–Kier alpha value is -2.97. The molecule has 6 nitrogen and oxygen atoms in total. The quantitative estimate of drug-likeness (QED) is 0.823. The van der Waals surface area contributed by atoms with E-state index in [0.717, 1.165) is 6.07 Å². The van der Waals surface area contributed by atoms with E-state index in [1.54, 1.807) is 11.0 Å². The Labute approximate surface area is 159 Å². The third kappa shape index (κ3) is 4.85. The number of carbonyl (C=O) groups excluding carboxylic acids is 2. The van der Waals surface area contributed by atoms with Crippen molar-refractivity contribution in [2.75, 3.05) is 25.0 Å². The second-order valence-corrected chi connectivity index (χ2v) is 6.63. The Bertz CT molecular complexity index is 813. The van der Waals surface area contributed by atoms with E-state index < -0.39 is 17.8 Å². The predicted molar refractivity (Wildman–Crippen MR) is 95.8 cm³/mol. The first-order valence-electron chi connectivity index (χ1n) is 8.87. The summed E-state index contributed by atoms with van der Waals surface area (Å²) >= 11 is 0. The summed E-state index contributed by atoms with van der Waals surface area (Å²) in [6, 6.07) is 5.75. The molecule has 0 unspecified atom stereocenters. The summed E-state index contributed by atoms with van der Waals surface area (Å²) in [6.45, 7) is 1.43. The van der Waals surface area contributed by atoms with E-state index in [0.29, 0.717) is 38.0 Å². The Balaban J connectivity index is 1.46. The van der Waals surface area contributed by atoms with Crippen molar-refractivity contribution in [2.24, 2.45) is 5.92 Å². The molecule has 0 radical (unpaired) electrons. The number of halogens is 3. The van der Waals surface area contributed by atoms with E-state index in [-0.39, 0.29) is 17.5 Å². The first-order chi connectivity index (χ1) is 13.3. The molecule has 150 valence electrons. The Kier molecular flexibility index (Phi) is 5.91. The van der Waals surface area contributed by atoms with Crippen molar-refractivity contribution in [1.29, 1.82) is 0 Å². The average Bonchev–Trinajstić information content (AvgIpc) is 3.20. The maximum atomic E-state index is 13.0. The van der Waals surface area contributed by atoms with Gasteiger partial charge >= 0.3 is 12.2 Å². The van der Waals surface area contributed by atoms with Crippen molar-refractivity contribution in [3.63, 3.8) is 0 Å². The van der Waals surface area contributed by atoms with Crippen LogP contribution < -0.4 is 10.6 Å². The summed E-state index contributed by atoms with van der Waals surface area (Å²) in [6.07, 6.45) is -0.303. The van der Waals surface area contributed by atoms with Crippen LogP contribution in [0.5, 0.6) is 0 Å². The van der Waals surface area contributed by atoms with Crippen molar-refractivity contribution >= 4 is 17.6 Å². The number of rotatable bonds is 4. The molecule has 9 heteroatoms. The molecular weight excluding hydrogens is 375 g/mol. The number of nitrogens with one attached hydrogen (secondary N) is 2. The SMILES string of the molecule is O=C(NCC1CCN(C(=O)c2ccoc2)CC1)Nc1ccccc1C(F)(F)F. The summed E-state index contributed by atoms with van der Waals surface area (Å²) in [4.78, 5) is 26.0. The molecule has 1 saturated heterocycles. The van der Waals surface area contributed by atoms with Crippen LogP contribution in [0.15, 0.2) is 47.3 Å². The highest BCUT2D eigenvalue weighted by molar-refractivity contribution is 5.93. The number of hydrogen-bond donors (Lipinski definition) is 2. The molecule has 0 saturated carbocycles. The van der Waals surface area contributed by atoms with Gasteiger partial charge in [-0.2, -0.15) is 13.2 Å². The van der Waals surface area contributed by atoms with Gasteiger partial charge in [0.05, 0.1) is 23.1 Å². The Morgan fingerprint density at radius 1 is 1.14 bits per heavy atom. The number of nitrogens with zero attached hydrogens (tertiary/aromatic N) is 1. The number of urea groups is 1. The molecule has 0 bridgehead atoms. The Morgan fingerprint density at radius 2 is 1.86 bits per heavy atom. The van der Waals surface area contributed by atoms with Crippen LogP contribution in [0.25, 0.3) is 0 Å². The lowest BCUT2D eigenvalue weighted by molar-refractivity contribution is -0.136. The van der Waals surface area contributed by atoms with Crippen molar-refractivity contribution < 1.29 is 27.2 Å². The van der Waals surface area contributed by atoms with E-state index in [4.69, 9.17) is 4.42 Å². The maximum absolute atomic E-state index is 13.0. The molecule has 2 N–H and O–H groups in total. The second kappa shape index (κ2) is 8.37. The summed E-state index contributed by atoms with van der Waals surface area (Å²) in [5.41, 5.74) is -0.677. The molecule has 2 aromatic rings.